The molecule has 0 unspecified atom stereocenters. The predicted molar refractivity (Wildman–Crippen MR) is 196 cm³/mol. The van der Waals surface area contributed by atoms with Gasteiger partial charge in [0.25, 0.3) is 0 Å². The molecule has 0 atom stereocenters. The first-order valence-corrected chi connectivity index (χ1v) is 22.7. The van der Waals surface area contributed by atoms with Crippen molar-refractivity contribution in [3.8, 4) is 0 Å². The molecule has 4 aliphatic carbocycles. The van der Waals surface area contributed by atoms with Crippen molar-refractivity contribution in [3.05, 3.63) is 68.6 Å². The Kier molecular flexibility index (Phi) is 23.4. The summed E-state index contributed by atoms with van der Waals surface area (Å²) in [5.41, 5.74) is 4.21. The topological polar surface area (TPSA) is 0 Å². The molecule has 0 aliphatic heterocycles. The van der Waals surface area contributed by atoms with Gasteiger partial charge in [-0.25, -0.2) is 0 Å². The fourth-order valence-electron chi connectivity index (χ4n) is 8.04. The van der Waals surface area contributed by atoms with Crippen LogP contribution in [-0.2, 0) is 33.3 Å². The molecule has 0 amide bonds. The maximum atomic E-state index is 2.70. The van der Waals surface area contributed by atoms with Gasteiger partial charge in [0.05, 0.1) is 0 Å². The van der Waals surface area contributed by atoms with E-state index < -0.39 is 0 Å². The van der Waals surface area contributed by atoms with Gasteiger partial charge in [0.2, 0.25) is 0 Å². The molecule has 4 aliphatic rings. The van der Waals surface area contributed by atoms with E-state index in [0.29, 0.717) is 0 Å². The second-order valence-corrected chi connectivity index (χ2v) is 20.8. The molecule has 0 spiro atoms. The van der Waals surface area contributed by atoms with Crippen molar-refractivity contribution in [2.45, 2.75) is 164 Å². The van der Waals surface area contributed by atoms with Crippen molar-refractivity contribution in [1.29, 1.82) is 0 Å². The molecule has 4 saturated carbocycles. The Morgan fingerprint density at radius 3 is 1.02 bits per heavy atom. The Morgan fingerprint density at radius 2 is 0.778 bits per heavy atom. The van der Waals surface area contributed by atoms with Gasteiger partial charge in [0.1, 0.15) is 0 Å². The van der Waals surface area contributed by atoms with Gasteiger partial charge in [-0.05, 0) is 96.9 Å². The summed E-state index contributed by atoms with van der Waals surface area (Å²) in [6.45, 7) is 0. The van der Waals surface area contributed by atoms with E-state index >= 15 is 0 Å². The molecule has 7 heteroatoms. The zero-order valence-electron chi connectivity index (χ0n) is 27.4. The normalized spacial score (nSPS) is 20.8. The van der Waals surface area contributed by atoms with Crippen molar-refractivity contribution in [3.63, 3.8) is 0 Å². The molecule has 6 rings (SSSR count). The summed E-state index contributed by atoms with van der Waals surface area (Å²) in [7, 11) is 0.291. The number of rotatable bonds is 10. The Hall–Kier alpha value is 0.982. The quantitative estimate of drug-likeness (QED) is 0.169. The van der Waals surface area contributed by atoms with Crippen LogP contribution in [0.25, 0.3) is 0 Å². The first kappa shape index (κ1) is 42.2. The molecule has 0 saturated heterocycles. The SMILES string of the molecule is C(=CP(C1CCCCC1)C1CCCCC1)Cc1cccs1.C(=CP(C1CCCCC1)C1CCCCC1)Cc1cccs1.[Cl-].[Cl-].[Pd+2]. The van der Waals surface area contributed by atoms with Crippen LogP contribution in [0.5, 0.6) is 0 Å². The third-order valence-corrected chi connectivity index (χ3v) is 18.7. The van der Waals surface area contributed by atoms with Crippen LogP contribution in [0.15, 0.2) is 58.8 Å². The monoisotopic (exact) mass is 816 g/mol. The van der Waals surface area contributed by atoms with Gasteiger partial charge in [-0.3, -0.25) is 0 Å². The summed E-state index contributed by atoms with van der Waals surface area (Å²) in [4.78, 5) is 3.04. The maximum Gasteiger partial charge on any atom is 2.00 e. The van der Waals surface area contributed by atoms with E-state index in [1.54, 1.807) is 0 Å². The van der Waals surface area contributed by atoms with Gasteiger partial charge in [-0.15, -0.1) is 22.7 Å². The smallest absolute Gasteiger partial charge is 1.00 e. The van der Waals surface area contributed by atoms with Crippen molar-refractivity contribution in [1.82, 2.24) is 0 Å². The molecule has 2 aromatic rings. The van der Waals surface area contributed by atoms with Crippen LogP contribution in [0.1, 0.15) is 138 Å². The molecule has 0 aromatic carbocycles. The van der Waals surface area contributed by atoms with E-state index in [9.17, 15) is 0 Å². The molecule has 0 bridgehead atoms. The van der Waals surface area contributed by atoms with E-state index in [2.05, 4.69) is 58.8 Å². The Labute approximate surface area is 313 Å². The number of hydrogen-bond acceptors (Lipinski definition) is 2. The first-order chi connectivity index (χ1) is 20.9. The average Bonchev–Trinajstić information content (AvgIpc) is 3.79. The Balaban J connectivity index is 0.000000294. The van der Waals surface area contributed by atoms with E-state index in [1.807, 2.05) is 22.7 Å². The third kappa shape index (κ3) is 14.8. The minimum atomic E-state index is 0. The zero-order valence-corrected chi connectivity index (χ0v) is 33.9. The summed E-state index contributed by atoms with van der Waals surface area (Å²) < 4.78 is 0. The standard InChI is InChI=1S/2C19H29PS.2ClH.Pd/c2*1-3-9-17(10-4-1)20(18-11-5-2-6-12-18)15-7-13-19-14-8-16-21-19;;;/h2*7-8,14-18H,1-6,9-13H2;2*1H;/q;;;;+2/p-2. The second kappa shape index (κ2) is 25.0. The van der Waals surface area contributed by atoms with Crippen LogP contribution in [0.3, 0.4) is 0 Å². The summed E-state index contributed by atoms with van der Waals surface area (Å²) in [5, 5.41) is 4.41. The molecule has 0 radical (unpaired) electrons. The van der Waals surface area contributed by atoms with Gasteiger partial charge in [-0.1, -0.05) is 129 Å². The van der Waals surface area contributed by atoms with Crippen molar-refractivity contribution < 1.29 is 45.2 Å². The molecule has 256 valence electrons. The van der Waals surface area contributed by atoms with Crippen molar-refractivity contribution >= 4 is 38.5 Å². The largest absolute Gasteiger partial charge is 2.00 e. The molecule has 45 heavy (non-hydrogen) atoms. The molecule has 2 aromatic heterocycles. The summed E-state index contributed by atoms with van der Waals surface area (Å²) in [6, 6.07) is 8.91. The summed E-state index contributed by atoms with van der Waals surface area (Å²) >= 11 is 3.80. The molecule has 0 nitrogen and oxygen atoms in total. The molecular formula is C38H58Cl2P2PdS2. The minimum absolute atomic E-state index is 0. The van der Waals surface area contributed by atoms with E-state index in [-0.39, 0.29) is 61.1 Å². The van der Waals surface area contributed by atoms with Gasteiger partial charge in [-0.2, -0.15) is 0 Å². The van der Waals surface area contributed by atoms with Crippen LogP contribution >= 0.6 is 38.5 Å². The molecular weight excluding hydrogens is 760 g/mol. The number of hydrogen-bond donors (Lipinski definition) is 0. The van der Waals surface area contributed by atoms with Gasteiger partial charge >= 0.3 is 20.4 Å². The van der Waals surface area contributed by atoms with Gasteiger partial charge < -0.3 is 24.8 Å². The second-order valence-electron chi connectivity index (χ2n) is 13.4. The van der Waals surface area contributed by atoms with Gasteiger partial charge in [0.15, 0.2) is 0 Å². The number of thiophene rings is 2. The van der Waals surface area contributed by atoms with Crippen LogP contribution < -0.4 is 24.8 Å². The van der Waals surface area contributed by atoms with Crippen LogP contribution in [-0.4, -0.2) is 22.6 Å². The first-order valence-electron chi connectivity index (χ1n) is 17.8. The van der Waals surface area contributed by atoms with E-state index in [4.69, 9.17) is 0 Å². The molecule has 4 fully saturated rings. The van der Waals surface area contributed by atoms with Gasteiger partial charge in [0, 0.05) is 22.6 Å². The molecule has 2 heterocycles. The van der Waals surface area contributed by atoms with Crippen LogP contribution in [0, 0.1) is 0 Å². The maximum absolute atomic E-state index is 2.70. The van der Waals surface area contributed by atoms with E-state index in [1.165, 1.54) is 138 Å². The zero-order chi connectivity index (χ0) is 28.7. The van der Waals surface area contributed by atoms with Crippen LogP contribution in [0.2, 0.25) is 0 Å². The molecule has 0 N–H and O–H groups in total. The fraction of sp³-hybridized carbons (Fsp3) is 0.684. The minimum Gasteiger partial charge on any atom is -1.00 e. The third-order valence-electron chi connectivity index (χ3n) is 10.3. The number of halogens is 2. The van der Waals surface area contributed by atoms with E-state index in [0.717, 1.165) is 35.5 Å². The predicted octanol–water partition coefficient (Wildman–Crippen LogP) is 7.91. The average molecular weight is 818 g/mol. The summed E-state index contributed by atoms with van der Waals surface area (Å²) in [5.74, 6) is 5.39. The fourth-order valence-corrected chi connectivity index (χ4v) is 16.1. The Morgan fingerprint density at radius 1 is 0.489 bits per heavy atom. The Bertz CT molecular complexity index is 886. The summed E-state index contributed by atoms with van der Waals surface area (Å²) in [6.07, 6.45) is 37.4. The number of allylic oxidation sites excluding steroid dienone is 2. The van der Waals surface area contributed by atoms with Crippen molar-refractivity contribution in [2.24, 2.45) is 0 Å². The van der Waals surface area contributed by atoms with Crippen molar-refractivity contribution in [2.75, 3.05) is 0 Å². The van der Waals surface area contributed by atoms with Crippen LogP contribution in [0.4, 0.5) is 0 Å².